The summed E-state index contributed by atoms with van der Waals surface area (Å²) >= 11 is 0. The number of carbonyl (C=O) groups is 1. The van der Waals surface area contributed by atoms with E-state index >= 15 is 0 Å². The molecule has 18 heavy (non-hydrogen) atoms. The Labute approximate surface area is 108 Å². The highest BCUT2D eigenvalue weighted by molar-refractivity contribution is 5.91. The fraction of sp³-hybridized carbons (Fsp3) is 0.500. The van der Waals surface area contributed by atoms with Crippen LogP contribution in [0, 0.1) is 5.41 Å². The van der Waals surface area contributed by atoms with Crippen LogP contribution in [0.1, 0.15) is 33.6 Å². The van der Waals surface area contributed by atoms with Crippen LogP contribution in [0.25, 0.3) is 0 Å². The van der Waals surface area contributed by atoms with Crippen LogP contribution in [0.2, 0.25) is 0 Å². The lowest BCUT2D eigenvalue weighted by Crippen LogP contribution is -2.31. The van der Waals surface area contributed by atoms with E-state index in [1.807, 2.05) is 0 Å². The summed E-state index contributed by atoms with van der Waals surface area (Å²) in [6.45, 7) is 6.31. The predicted molar refractivity (Wildman–Crippen MR) is 73.4 cm³/mol. The predicted octanol–water partition coefficient (Wildman–Crippen LogP) is 2.48. The van der Waals surface area contributed by atoms with Gasteiger partial charge < -0.3 is 16.2 Å². The Hall–Kier alpha value is -1.55. The molecule has 0 aliphatic heterocycles. The maximum Gasteiger partial charge on any atom is 0.225 e. The summed E-state index contributed by atoms with van der Waals surface area (Å²) in [5.74, 6) is 0.0786. The van der Waals surface area contributed by atoms with Crippen LogP contribution in [0.3, 0.4) is 0 Å². The zero-order valence-electron chi connectivity index (χ0n) is 11.2. The second-order valence-corrected chi connectivity index (χ2v) is 5.82. The highest BCUT2D eigenvalue weighted by Gasteiger charge is 2.18. The number of phenolic OH excluding ortho intramolecular Hbond substituents is 1. The highest BCUT2D eigenvalue weighted by Crippen LogP contribution is 2.21. The van der Waals surface area contributed by atoms with Crippen LogP contribution in [0.5, 0.6) is 5.75 Å². The molecule has 4 heteroatoms. The lowest BCUT2D eigenvalue weighted by Gasteiger charge is -2.22. The van der Waals surface area contributed by atoms with Gasteiger partial charge in [-0.2, -0.15) is 0 Å². The number of amides is 1. The molecule has 1 aromatic rings. The van der Waals surface area contributed by atoms with Crippen molar-refractivity contribution in [3.63, 3.8) is 0 Å². The molecule has 0 saturated heterocycles. The van der Waals surface area contributed by atoms with Crippen molar-refractivity contribution in [1.29, 1.82) is 0 Å². The Bertz CT molecular complexity index is 393. The van der Waals surface area contributed by atoms with E-state index in [0.29, 0.717) is 12.1 Å². The van der Waals surface area contributed by atoms with E-state index in [4.69, 9.17) is 10.8 Å². The molecule has 0 aliphatic carbocycles. The van der Waals surface area contributed by atoms with Gasteiger partial charge in [0.2, 0.25) is 5.91 Å². The number of hydrogen-bond acceptors (Lipinski definition) is 3. The number of phenols is 1. The van der Waals surface area contributed by atoms with Crippen molar-refractivity contribution in [1.82, 2.24) is 0 Å². The third-order valence-electron chi connectivity index (χ3n) is 2.47. The zero-order chi connectivity index (χ0) is 13.8. The second-order valence-electron chi connectivity index (χ2n) is 5.82. The van der Waals surface area contributed by atoms with E-state index in [0.717, 1.165) is 6.42 Å². The molecule has 0 aliphatic rings. The van der Waals surface area contributed by atoms with Gasteiger partial charge in [-0.3, -0.25) is 4.79 Å². The smallest absolute Gasteiger partial charge is 0.225 e. The van der Waals surface area contributed by atoms with Gasteiger partial charge in [0.1, 0.15) is 5.75 Å². The van der Waals surface area contributed by atoms with Gasteiger partial charge in [0.05, 0.1) is 0 Å². The maximum atomic E-state index is 11.7. The minimum absolute atomic E-state index is 0.0996. The molecule has 4 nitrogen and oxygen atoms in total. The normalized spacial score (nSPS) is 13.1. The first kappa shape index (κ1) is 14.5. The van der Waals surface area contributed by atoms with E-state index < -0.39 is 0 Å². The molecular formula is C14H22N2O2. The van der Waals surface area contributed by atoms with Crippen molar-refractivity contribution in [2.75, 3.05) is 5.32 Å². The summed E-state index contributed by atoms with van der Waals surface area (Å²) in [4.78, 5) is 11.7. The molecule has 0 spiro atoms. The number of aromatic hydroxyl groups is 1. The average molecular weight is 250 g/mol. The van der Waals surface area contributed by atoms with Crippen molar-refractivity contribution in [2.45, 2.75) is 39.7 Å². The second kappa shape index (κ2) is 5.87. The molecular weight excluding hydrogens is 228 g/mol. The zero-order valence-corrected chi connectivity index (χ0v) is 11.2. The van der Waals surface area contributed by atoms with Crippen molar-refractivity contribution in [2.24, 2.45) is 11.1 Å². The Kier molecular flexibility index (Phi) is 4.73. The van der Waals surface area contributed by atoms with Crippen molar-refractivity contribution in [3.05, 3.63) is 24.3 Å². The number of carbonyl (C=O) groups excluding carboxylic acids is 1. The van der Waals surface area contributed by atoms with Crippen LogP contribution in [0.4, 0.5) is 5.69 Å². The number of nitrogens with two attached hydrogens (primary N) is 1. The number of anilines is 1. The Morgan fingerprint density at radius 2 is 1.89 bits per heavy atom. The summed E-state index contributed by atoms with van der Waals surface area (Å²) in [5.41, 5.74) is 6.73. The van der Waals surface area contributed by atoms with Gasteiger partial charge in [-0.25, -0.2) is 0 Å². The summed E-state index contributed by atoms with van der Waals surface area (Å²) in [7, 11) is 0. The van der Waals surface area contributed by atoms with Crippen LogP contribution >= 0.6 is 0 Å². The maximum absolute atomic E-state index is 11.7. The van der Waals surface area contributed by atoms with Crippen molar-refractivity contribution < 1.29 is 9.90 Å². The SMILES string of the molecule is CC(C)(C)CC(N)CC(=O)Nc1ccc(O)cc1. The van der Waals surface area contributed by atoms with Crippen LogP contribution < -0.4 is 11.1 Å². The molecule has 0 radical (unpaired) electrons. The summed E-state index contributed by atoms with van der Waals surface area (Å²) in [6.07, 6.45) is 1.11. The van der Waals surface area contributed by atoms with Crippen LogP contribution in [-0.2, 0) is 4.79 Å². The van der Waals surface area contributed by atoms with Crippen molar-refractivity contribution >= 4 is 11.6 Å². The van der Waals surface area contributed by atoms with Crippen LogP contribution in [-0.4, -0.2) is 17.1 Å². The van der Waals surface area contributed by atoms with Gasteiger partial charge in [0.15, 0.2) is 0 Å². The number of hydrogen-bond donors (Lipinski definition) is 3. The minimum atomic E-state index is -0.137. The largest absolute Gasteiger partial charge is 0.508 e. The van der Waals surface area contributed by atoms with Crippen LogP contribution in [0.15, 0.2) is 24.3 Å². The van der Waals surface area contributed by atoms with Gasteiger partial charge in [0.25, 0.3) is 0 Å². The first-order valence-electron chi connectivity index (χ1n) is 6.11. The molecule has 1 unspecified atom stereocenters. The van der Waals surface area contributed by atoms with Gasteiger partial charge >= 0.3 is 0 Å². The lowest BCUT2D eigenvalue weighted by atomic mass is 9.87. The molecule has 0 fully saturated rings. The Morgan fingerprint density at radius 3 is 2.39 bits per heavy atom. The van der Waals surface area contributed by atoms with E-state index in [2.05, 4.69) is 26.1 Å². The first-order valence-corrected chi connectivity index (χ1v) is 6.11. The quantitative estimate of drug-likeness (QED) is 0.719. The monoisotopic (exact) mass is 250 g/mol. The van der Waals surface area contributed by atoms with Gasteiger partial charge in [-0.1, -0.05) is 20.8 Å². The van der Waals surface area contributed by atoms with E-state index in [1.165, 1.54) is 12.1 Å². The molecule has 1 rings (SSSR count). The molecule has 1 aromatic carbocycles. The third kappa shape index (κ3) is 5.68. The molecule has 1 atom stereocenters. The summed E-state index contributed by atoms with van der Waals surface area (Å²) in [6, 6.07) is 6.24. The molecule has 0 bridgehead atoms. The van der Waals surface area contributed by atoms with Gasteiger partial charge in [-0.05, 0) is 36.1 Å². The van der Waals surface area contributed by atoms with E-state index in [-0.39, 0.29) is 23.1 Å². The van der Waals surface area contributed by atoms with E-state index in [1.54, 1.807) is 12.1 Å². The molecule has 1 amide bonds. The molecule has 100 valence electrons. The summed E-state index contributed by atoms with van der Waals surface area (Å²) in [5, 5.41) is 11.9. The standard InChI is InChI=1S/C14H22N2O2/c1-14(2,3)9-10(15)8-13(18)16-11-4-6-12(17)7-5-11/h4-7,10,17H,8-9,15H2,1-3H3,(H,16,18). The minimum Gasteiger partial charge on any atom is -0.508 e. The highest BCUT2D eigenvalue weighted by atomic mass is 16.3. The number of rotatable bonds is 4. The molecule has 0 heterocycles. The number of nitrogens with one attached hydrogen (secondary N) is 1. The third-order valence-corrected chi connectivity index (χ3v) is 2.47. The molecule has 0 aromatic heterocycles. The van der Waals surface area contributed by atoms with Gasteiger partial charge in [0, 0.05) is 18.2 Å². The Morgan fingerprint density at radius 1 is 1.33 bits per heavy atom. The number of benzene rings is 1. The fourth-order valence-electron chi connectivity index (χ4n) is 1.85. The topological polar surface area (TPSA) is 75.4 Å². The summed E-state index contributed by atoms with van der Waals surface area (Å²) < 4.78 is 0. The Balaban J connectivity index is 2.44. The first-order chi connectivity index (χ1) is 8.26. The average Bonchev–Trinajstić information content (AvgIpc) is 2.18. The van der Waals surface area contributed by atoms with E-state index in [9.17, 15) is 4.79 Å². The lowest BCUT2D eigenvalue weighted by molar-refractivity contribution is -0.116. The molecule has 4 N–H and O–H groups in total. The van der Waals surface area contributed by atoms with Crippen molar-refractivity contribution in [3.8, 4) is 5.75 Å². The van der Waals surface area contributed by atoms with Gasteiger partial charge in [-0.15, -0.1) is 0 Å². The fourth-order valence-corrected chi connectivity index (χ4v) is 1.85. The molecule has 0 saturated carbocycles.